The van der Waals surface area contributed by atoms with Gasteiger partial charge < -0.3 is 15.2 Å². The molecule has 19 heavy (non-hydrogen) atoms. The van der Waals surface area contributed by atoms with Crippen molar-refractivity contribution in [1.82, 2.24) is 10.3 Å². The molecule has 1 aliphatic rings. The Balaban J connectivity index is 2.00. The van der Waals surface area contributed by atoms with Crippen molar-refractivity contribution < 1.29 is 19.4 Å². The fourth-order valence-electron chi connectivity index (χ4n) is 2.23. The lowest BCUT2D eigenvalue weighted by molar-refractivity contribution is -0.0942. The standard InChI is InChI=1S/C12H16N2O4S/c1-12(2)7(4-8(12)18-3)14-9(15)10-13-6(5-19-10)11(16)17/h5,7-8H,4H2,1-3H3,(H,14,15)(H,16,17). The highest BCUT2D eigenvalue weighted by Crippen LogP contribution is 2.42. The van der Waals surface area contributed by atoms with Gasteiger partial charge in [0.15, 0.2) is 10.7 Å². The van der Waals surface area contributed by atoms with E-state index in [1.54, 1.807) is 7.11 Å². The molecule has 0 aliphatic heterocycles. The summed E-state index contributed by atoms with van der Waals surface area (Å²) >= 11 is 1.03. The van der Waals surface area contributed by atoms with E-state index in [1.165, 1.54) is 5.38 Å². The van der Waals surface area contributed by atoms with E-state index in [4.69, 9.17) is 9.84 Å². The van der Waals surface area contributed by atoms with Crippen LogP contribution in [0.3, 0.4) is 0 Å². The van der Waals surface area contributed by atoms with E-state index < -0.39 is 5.97 Å². The molecule has 0 saturated heterocycles. The largest absolute Gasteiger partial charge is 0.476 e. The van der Waals surface area contributed by atoms with E-state index in [0.717, 1.165) is 17.8 Å². The van der Waals surface area contributed by atoms with Crippen LogP contribution in [-0.2, 0) is 4.74 Å². The van der Waals surface area contributed by atoms with E-state index >= 15 is 0 Å². The lowest BCUT2D eigenvalue weighted by atomic mass is 9.64. The maximum Gasteiger partial charge on any atom is 0.355 e. The third-order valence-corrected chi connectivity index (χ3v) is 4.53. The van der Waals surface area contributed by atoms with Gasteiger partial charge in [0.2, 0.25) is 0 Å². The van der Waals surface area contributed by atoms with Crippen LogP contribution >= 0.6 is 11.3 Å². The predicted octanol–water partition coefficient (Wildman–Crippen LogP) is 1.38. The summed E-state index contributed by atoms with van der Waals surface area (Å²) in [5.74, 6) is -1.45. The van der Waals surface area contributed by atoms with Gasteiger partial charge in [0.05, 0.1) is 6.10 Å². The van der Waals surface area contributed by atoms with Crippen LogP contribution in [0, 0.1) is 5.41 Å². The van der Waals surface area contributed by atoms with Gasteiger partial charge >= 0.3 is 5.97 Å². The van der Waals surface area contributed by atoms with Gasteiger partial charge in [0, 0.05) is 23.9 Å². The van der Waals surface area contributed by atoms with Gasteiger partial charge in [-0.2, -0.15) is 0 Å². The minimum absolute atomic E-state index is 0.0159. The smallest absolute Gasteiger partial charge is 0.355 e. The van der Waals surface area contributed by atoms with Crippen LogP contribution in [0.5, 0.6) is 0 Å². The summed E-state index contributed by atoms with van der Waals surface area (Å²) in [6.45, 7) is 4.06. The molecule has 1 heterocycles. The molecule has 104 valence electrons. The summed E-state index contributed by atoms with van der Waals surface area (Å²) in [6, 6.07) is 0.0159. The summed E-state index contributed by atoms with van der Waals surface area (Å²) < 4.78 is 5.31. The van der Waals surface area contributed by atoms with Crippen LogP contribution in [0.25, 0.3) is 0 Å². The Morgan fingerprint density at radius 3 is 2.74 bits per heavy atom. The van der Waals surface area contributed by atoms with Crippen LogP contribution in [-0.4, -0.2) is 41.2 Å². The Morgan fingerprint density at radius 2 is 2.26 bits per heavy atom. The molecule has 0 aromatic carbocycles. The first kappa shape index (κ1) is 14.0. The number of carboxylic acid groups (broad SMARTS) is 1. The average Bonchev–Trinajstić information content (AvgIpc) is 2.83. The van der Waals surface area contributed by atoms with E-state index in [-0.39, 0.29) is 34.2 Å². The average molecular weight is 284 g/mol. The molecule has 2 unspecified atom stereocenters. The Morgan fingerprint density at radius 1 is 1.58 bits per heavy atom. The number of carbonyl (C=O) groups is 2. The predicted molar refractivity (Wildman–Crippen MR) is 69.5 cm³/mol. The number of aromatic nitrogens is 1. The number of thiazole rings is 1. The number of hydrogen-bond acceptors (Lipinski definition) is 5. The van der Waals surface area contributed by atoms with Gasteiger partial charge in [-0.05, 0) is 6.42 Å². The highest BCUT2D eigenvalue weighted by atomic mass is 32.1. The van der Waals surface area contributed by atoms with E-state index in [0.29, 0.717) is 0 Å². The third kappa shape index (κ3) is 2.48. The van der Waals surface area contributed by atoms with Crippen molar-refractivity contribution in [2.45, 2.75) is 32.4 Å². The number of nitrogens with one attached hydrogen (secondary N) is 1. The number of amides is 1. The van der Waals surface area contributed by atoms with Gasteiger partial charge in [-0.1, -0.05) is 13.8 Å². The molecule has 1 aromatic rings. The number of rotatable bonds is 4. The van der Waals surface area contributed by atoms with Crippen molar-refractivity contribution >= 4 is 23.2 Å². The molecule has 0 spiro atoms. The molecule has 1 fully saturated rings. The minimum atomic E-state index is -1.13. The van der Waals surface area contributed by atoms with Crippen LogP contribution in [0.15, 0.2) is 5.38 Å². The number of ether oxygens (including phenoxy) is 1. The van der Waals surface area contributed by atoms with Gasteiger partial charge in [-0.3, -0.25) is 4.79 Å². The Bertz CT molecular complexity index is 512. The molecule has 7 heteroatoms. The topological polar surface area (TPSA) is 88.5 Å². The quantitative estimate of drug-likeness (QED) is 0.872. The fourth-order valence-corrected chi connectivity index (χ4v) is 2.92. The number of carboxylic acids is 1. The maximum absolute atomic E-state index is 12.0. The highest BCUT2D eigenvalue weighted by Gasteiger charge is 2.49. The molecule has 1 aliphatic carbocycles. The molecule has 0 bridgehead atoms. The number of carbonyl (C=O) groups excluding carboxylic acids is 1. The molecular weight excluding hydrogens is 268 g/mol. The van der Waals surface area contributed by atoms with Crippen molar-refractivity contribution in [3.8, 4) is 0 Å². The second-order valence-corrected chi connectivity index (χ2v) is 6.01. The first-order valence-electron chi connectivity index (χ1n) is 5.88. The zero-order chi connectivity index (χ0) is 14.2. The van der Waals surface area contributed by atoms with Crippen molar-refractivity contribution in [3.63, 3.8) is 0 Å². The molecule has 2 atom stereocenters. The summed E-state index contributed by atoms with van der Waals surface area (Å²) in [7, 11) is 1.66. The van der Waals surface area contributed by atoms with Crippen LogP contribution in [0.2, 0.25) is 0 Å². The summed E-state index contributed by atoms with van der Waals surface area (Å²) in [4.78, 5) is 26.5. The molecule has 1 saturated carbocycles. The Kier molecular flexibility index (Phi) is 3.60. The van der Waals surface area contributed by atoms with Crippen molar-refractivity contribution in [2.75, 3.05) is 7.11 Å². The van der Waals surface area contributed by atoms with Crippen LogP contribution in [0.4, 0.5) is 0 Å². The Hall–Kier alpha value is -1.47. The number of methoxy groups -OCH3 is 1. The molecule has 6 nitrogen and oxygen atoms in total. The lowest BCUT2D eigenvalue weighted by Crippen LogP contribution is -2.61. The van der Waals surface area contributed by atoms with Crippen molar-refractivity contribution in [2.24, 2.45) is 5.41 Å². The van der Waals surface area contributed by atoms with Crippen LogP contribution in [0.1, 0.15) is 40.6 Å². The minimum Gasteiger partial charge on any atom is -0.476 e. The lowest BCUT2D eigenvalue weighted by Gasteiger charge is -2.51. The summed E-state index contributed by atoms with van der Waals surface area (Å²) in [5.41, 5.74) is -0.227. The van der Waals surface area contributed by atoms with Gasteiger partial charge in [0.25, 0.3) is 5.91 Å². The molecular formula is C12H16N2O4S. The number of hydrogen-bond donors (Lipinski definition) is 2. The Labute approximate surface area is 114 Å². The van der Waals surface area contributed by atoms with Gasteiger partial charge in [-0.25, -0.2) is 9.78 Å². The molecule has 0 radical (unpaired) electrons. The van der Waals surface area contributed by atoms with Gasteiger partial charge in [-0.15, -0.1) is 11.3 Å². The van der Waals surface area contributed by atoms with E-state index in [2.05, 4.69) is 10.3 Å². The SMILES string of the molecule is COC1CC(NC(=O)c2nc(C(=O)O)cs2)C1(C)C. The van der Waals surface area contributed by atoms with E-state index in [1.807, 2.05) is 13.8 Å². The fraction of sp³-hybridized carbons (Fsp3) is 0.583. The highest BCUT2D eigenvalue weighted by molar-refractivity contribution is 7.11. The van der Waals surface area contributed by atoms with Crippen molar-refractivity contribution in [1.29, 1.82) is 0 Å². The third-order valence-electron chi connectivity index (χ3n) is 3.69. The van der Waals surface area contributed by atoms with Crippen LogP contribution < -0.4 is 5.32 Å². The normalized spacial score (nSPS) is 24.6. The zero-order valence-corrected chi connectivity index (χ0v) is 11.8. The monoisotopic (exact) mass is 284 g/mol. The second kappa shape index (κ2) is 4.90. The zero-order valence-electron chi connectivity index (χ0n) is 11.0. The van der Waals surface area contributed by atoms with Crippen molar-refractivity contribution in [3.05, 3.63) is 16.1 Å². The summed E-state index contributed by atoms with van der Waals surface area (Å²) in [6.07, 6.45) is 0.885. The molecule has 2 rings (SSSR count). The molecule has 1 amide bonds. The first-order valence-corrected chi connectivity index (χ1v) is 6.76. The number of nitrogens with zero attached hydrogens (tertiary/aromatic N) is 1. The van der Waals surface area contributed by atoms with E-state index in [9.17, 15) is 9.59 Å². The first-order chi connectivity index (χ1) is 8.86. The summed E-state index contributed by atoms with van der Waals surface area (Å²) in [5, 5.41) is 13.2. The number of aromatic carboxylic acids is 1. The molecule has 1 aromatic heterocycles. The maximum atomic E-state index is 12.0. The second-order valence-electron chi connectivity index (χ2n) is 5.15. The van der Waals surface area contributed by atoms with Gasteiger partial charge in [0.1, 0.15) is 0 Å². The molecule has 2 N–H and O–H groups in total.